The third-order valence-corrected chi connectivity index (χ3v) is 6.69. The maximum absolute atomic E-state index is 4.08. The number of hydrogen-bond donors (Lipinski definition) is 1. The molecule has 0 amide bonds. The smallest absolute Gasteiger partial charge is 0.0391 e. The maximum atomic E-state index is 4.08. The molecule has 17 heavy (non-hydrogen) atoms. The Bertz CT molecular complexity index is 321. The van der Waals surface area contributed by atoms with Gasteiger partial charge in [0.05, 0.1) is 0 Å². The second-order valence-corrected chi connectivity index (χ2v) is 7.08. The van der Waals surface area contributed by atoms with Gasteiger partial charge in [-0.2, -0.15) is 0 Å². The van der Waals surface area contributed by atoms with Crippen LogP contribution in [0.1, 0.15) is 64.2 Å². The SMILES string of the molecule is CN1C2CCCC1(C13CCCC(CC1)N3)CC2. The molecule has 4 aliphatic heterocycles. The first kappa shape index (κ1) is 10.8. The van der Waals surface area contributed by atoms with Gasteiger partial charge in [0.1, 0.15) is 0 Å². The van der Waals surface area contributed by atoms with Gasteiger partial charge in [-0.05, 0) is 71.3 Å². The number of likely N-dealkylation sites (N-methyl/N-ethyl adjacent to an activating group) is 1. The van der Waals surface area contributed by atoms with Gasteiger partial charge >= 0.3 is 0 Å². The van der Waals surface area contributed by atoms with E-state index >= 15 is 0 Å². The molecule has 4 unspecified atom stereocenters. The van der Waals surface area contributed by atoms with Crippen LogP contribution in [-0.4, -0.2) is 35.1 Å². The average Bonchev–Trinajstić information content (AvgIpc) is 2.74. The van der Waals surface area contributed by atoms with Crippen molar-refractivity contribution in [2.75, 3.05) is 7.05 Å². The number of hydrogen-bond acceptors (Lipinski definition) is 2. The second-order valence-electron chi connectivity index (χ2n) is 7.08. The lowest BCUT2D eigenvalue weighted by Crippen LogP contribution is -2.68. The summed E-state index contributed by atoms with van der Waals surface area (Å²) in [6.07, 6.45) is 14.6. The fourth-order valence-corrected chi connectivity index (χ4v) is 5.83. The van der Waals surface area contributed by atoms with E-state index in [-0.39, 0.29) is 0 Å². The molecule has 4 fully saturated rings. The quantitative estimate of drug-likeness (QED) is 0.750. The normalized spacial score (nSPS) is 54.2. The molecule has 96 valence electrons. The highest BCUT2D eigenvalue weighted by molar-refractivity contribution is 5.21. The number of rotatable bonds is 1. The summed E-state index contributed by atoms with van der Waals surface area (Å²) in [5, 5.41) is 4.08. The fourth-order valence-electron chi connectivity index (χ4n) is 5.83. The third-order valence-electron chi connectivity index (χ3n) is 6.69. The van der Waals surface area contributed by atoms with Crippen molar-refractivity contribution in [1.29, 1.82) is 0 Å². The molecule has 0 aliphatic carbocycles. The van der Waals surface area contributed by atoms with Crippen molar-refractivity contribution in [3.63, 3.8) is 0 Å². The van der Waals surface area contributed by atoms with Crippen molar-refractivity contribution in [2.24, 2.45) is 0 Å². The standard InChI is InChI=1S/C15H26N2/c1-17-13-5-3-9-15(17,11-7-13)14-8-2-4-12(16-14)6-10-14/h12-13,16H,2-11H2,1H3. The second kappa shape index (κ2) is 3.48. The highest BCUT2D eigenvalue weighted by Crippen LogP contribution is 2.55. The van der Waals surface area contributed by atoms with Crippen LogP contribution in [0.3, 0.4) is 0 Å². The van der Waals surface area contributed by atoms with E-state index in [1.807, 2.05) is 0 Å². The number of nitrogens with one attached hydrogen (secondary N) is 1. The van der Waals surface area contributed by atoms with Crippen LogP contribution in [-0.2, 0) is 0 Å². The van der Waals surface area contributed by atoms with E-state index in [0.717, 1.165) is 12.1 Å². The van der Waals surface area contributed by atoms with Crippen LogP contribution in [0.2, 0.25) is 0 Å². The molecule has 0 aromatic heterocycles. The van der Waals surface area contributed by atoms with Crippen molar-refractivity contribution in [3.05, 3.63) is 0 Å². The summed E-state index contributed by atoms with van der Waals surface area (Å²) in [4.78, 5) is 2.80. The van der Waals surface area contributed by atoms with Gasteiger partial charge in [0, 0.05) is 23.2 Å². The largest absolute Gasteiger partial charge is 0.307 e. The van der Waals surface area contributed by atoms with Gasteiger partial charge in [-0.3, -0.25) is 4.90 Å². The minimum atomic E-state index is 0.500. The molecule has 0 saturated carbocycles. The van der Waals surface area contributed by atoms with Gasteiger partial charge in [0.15, 0.2) is 0 Å². The van der Waals surface area contributed by atoms with Gasteiger partial charge in [-0.15, -0.1) is 0 Å². The Hall–Kier alpha value is -0.0800. The number of nitrogens with zero attached hydrogens (tertiary/aromatic N) is 1. The van der Waals surface area contributed by atoms with Gasteiger partial charge in [0.2, 0.25) is 0 Å². The first-order valence-corrected chi connectivity index (χ1v) is 7.76. The molecule has 1 N–H and O–H groups in total. The Kier molecular flexibility index (Phi) is 2.21. The lowest BCUT2D eigenvalue weighted by Gasteiger charge is -2.56. The third kappa shape index (κ3) is 1.24. The number of fused-ring (bicyclic) bond motifs is 5. The average molecular weight is 234 g/mol. The molecule has 4 heterocycles. The molecule has 2 nitrogen and oxygen atoms in total. The van der Waals surface area contributed by atoms with E-state index in [0.29, 0.717) is 11.1 Å². The van der Waals surface area contributed by atoms with E-state index < -0.39 is 0 Å². The van der Waals surface area contributed by atoms with Gasteiger partial charge in [0.25, 0.3) is 0 Å². The molecule has 4 rings (SSSR count). The molecule has 0 spiro atoms. The monoisotopic (exact) mass is 234 g/mol. The minimum Gasteiger partial charge on any atom is -0.307 e. The van der Waals surface area contributed by atoms with Crippen molar-refractivity contribution in [2.45, 2.75) is 87.4 Å². The van der Waals surface area contributed by atoms with Crippen molar-refractivity contribution in [3.8, 4) is 0 Å². The lowest BCUT2D eigenvalue weighted by molar-refractivity contribution is -0.0118. The Morgan fingerprint density at radius 1 is 0.941 bits per heavy atom. The Morgan fingerprint density at radius 2 is 1.82 bits per heavy atom. The van der Waals surface area contributed by atoms with Gasteiger partial charge < -0.3 is 5.32 Å². The van der Waals surface area contributed by atoms with Crippen molar-refractivity contribution < 1.29 is 0 Å². The first-order chi connectivity index (χ1) is 8.26. The molecule has 4 atom stereocenters. The molecular formula is C15H26N2. The van der Waals surface area contributed by atoms with E-state index in [1.165, 1.54) is 64.2 Å². The van der Waals surface area contributed by atoms with Crippen molar-refractivity contribution in [1.82, 2.24) is 10.2 Å². The summed E-state index contributed by atoms with van der Waals surface area (Å²) in [5.41, 5.74) is 1.03. The molecule has 0 radical (unpaired) electrons. The number of piperidine rings is 2. The maximum Gasteiger partial charge on any atom is 0.0391 e. The van der Waals surface area contributed by atoms with Crippen LogP contribution in [0.15, 0.2) is 0 Å². The Balaban J connectivity index is 1.73. The van der Waals surface area contributed by atoms with E-state index in [1.54, 1.807) is 0 Å². The fraction of sp³-hybridized carbons (Fsp3) is 1.00. The Labute approximate surface area is 105 Å². The summed E-state index contributed by atoms with van der Waals surface area (Å²) < 4.78 is 0. The van der Waals surface area contributed by atoms with E-state index in [4.69, 9.17) is 0 Å². The minimum absolute atomic E-state index is 0.500. The molecule has 0 aromatic rings. The summed E-state index contributed by atoms with van der Waals surface area (Å²) in [7, 11) is 2.43. The van der Waals surface area contributed by atoms with E-state index in [2.05, 4.69) is 17.3 Å². The molecular weight excluding hydrogens is 208 g/mol. The van der Waals surface area contributed by atoms with Crippen molar-refractivity contribution >= 4 is 0 Å². The van der Waals surface area contributed by atoms with Crippen LogP contribution in [0.25, 0.3) is 0 Å². The predicted octanol–water partition coefficient (Wildman–Crippen LogP) is 2.68. The highest BCUT2D eigenvalue weighted by atomic mass is 15.3. The predicted molar refractivity (Wildman–Crippen MR) is 70.1 cm³/mol. The summed E-state index contributed by atoms with van der Waals surface area (Å²) in [6, 6.07) is 1.76. The lowest BCUT2D eigenvalue weighted by atomic mass is 9.67. The highest BCUT2D eigenvalue weighted by Gasteiger charge is 2.61. The first-order valence-electron chi connectivity index (χ1n) is 7.76. The zero-order valence-electron chi connectivity index (χ0n) is 11.2. The molecule has 0 aromatic carbocycles. The zero-order chi connectivity index (χ0) is 11.5. The van der Waals surface area contributed by atoms with E-state index in [9.17, 15) is 0 Å². The van der Waals surface area contributed by atoms with Gasteiger partial charge in [-0.1, -0.05) is 0 Å². The molecule has 4 saturated heterocycles. The summed E-state index contributed by atoms with van der Waals surface area (Å²) in [5.74, 6) is 0. The Morgan fingerprint density at radius 3 is 2.76 bits per heavy atom. The van der Waals surface area contributed by atoms with Crippen LogP contribution in [0.5, 0.6) is 0 Å². The van der Waals surface area contributed by atoms with Crippen LogP contribution in [0.4, 0.5) is 0 Å². The summed E-state index contributed by atoms with van der Waals surface area (Å²) >= 11 is 0. The zero-order valence-corrected chi connectivity index (χ0v) is 11.2. The molecule has 2 heteroatoms. The van der Waals surface area contributed by atoms with Crippen LogP contribution >= 0.6 is 0 Å². The topological polar surface area (TPSA) is 15.3 Å². The molecule has 4 aliphatic rings. The summed E-state index contributed by atoms with van der Waals surface area (Å²) in [6.45, 7) is 0. The van der Waals surface area contributed by atoms with Gasteiger partial charge in [-0.25, -0.2) is 0 Å². The van der Waals surface area contributed by atoms with Crippen LogP contribution in [0, 0.1) is 0 Å². The van der Waals surface area contributed by atoms with Crippen LogP contribution < -0.4 is 5.32 Å². The molecule has 4 bridgehead atoms.